The molecule has 1 N–H and O–H groups in total. The van der Waals surface area contributed by atoms with Crippen LogP contribution >= 0.6 is 0 Å². The summed E-state index contributed by atoms with van der Waals surface area (Å²) >= 11 is 0. The molecule has 0 aliphatic carbocycles. The molecule has 2 rings (SSSR count). The molecule has 1 atom stereocenters. The van der Waals surface area contributed by atoms with E-state index in [0.29, 0.717) is 6.61 Å². The summed E-state index contributed by atoms with van der Waals surface area (Å²) in [4.78, 5) is 0. The van der Waals surface area contributed by atoms with E-state index in [9.17, 15) is 5.11 Å². The lowest BCUT2D eigenvalue weighted by Gasteiger charge is -2.16. The lowest BCUT2D eigenvalue weighted by Crippen LogP contribution is -2.14. The molecule has 0 aliphatic heterocycles. The number of hydrogen-bond donors (Lipinski definition) is 1. The molecule has 0 aliphatic rings. The van der Waals surface area contributed by atoms with Gasteiger partial charge in [0.15, 0.2) is 0 Å². The van der Waals surface area contributed by atoms with Gasteiger partial charge in [0.05, 0.1) is 20.3 Å². The minimum Gasteiger partial charge on any atom is -0.497 e. The molecule has 0 spiro atoms. The van der Waals surface area contributed by atoms with Crippen molar-refractivity contribution in [2.75, 3.05) is 20.3 Å². The molecule has 106 valence electrons. The number of methoxy groups -OCH3 is 1. The van der Waals surface area contributed by atoms with Gasteiger partial charge in [0.2, 0.25) is 0 Å². The molecule has 0 heterocycles. The molecule has 0 radical (unpaired) electrons. The first-order valence-electron chi connectivity index (χ1n) is 6.67. The van der Waals surface area contributed by atoms with E-state index in [0.717, 1.165) is 17.1 Å². The van der Waals surface area contributed by atoms with Gasteiger partial charge in [-0.2, -0.15) is 0 Å². The van der Waals surface area contributed by atoms with Crippen molar-refractivity contribution in [2.45, 2.75) is 12.8 Å². The SMILES string of the molecule is COc1cccc(OCC(CO)c2ccc(C)cc2)c1. The normalized spacial score (nSPS) is 11.9. The van der Waals surface area contributed by atoms with Gasteiger partial charge in [-0.05, 0) is 24.6 Å². The number of aryl methyl sites for hydroxylation is 1. The van der Waals surface area contributed by atoms with E-state index in [1.807, 2.05) is 55.5 Å². The summed E-state index contributed by atoms with van der Waals surface area (Å²) in [5.74, 6) is 1.48. The van der Waals surface area contributed by atoms with Gasteiger partial charge in [0.1, 0.15) is 11.5 Å². The Labute approximate surface area is 119 Å². The molecule has 0 fully saturated rings. The van der Waals surface area contributed by atoms with Gasteiger partial charge < -0.3 is 14.6 Å². The van der Waals surface area contributed by atoms with Crippen LogP contribution in [0.3, 0.4) is 0 Å². The molecule has 20 heavy (non-hydrogen) atoms. The third kappa shape index (κ3) is 3.75. The Morgan fingerprint density at radius 2 is 1.75 bits per heavy atom. The monoisotopic (exact) mass is 272 g/mol. The van der Waals surface area contributed by atoms with Gasteiger partial charge >= 0.3 is 0 Å². The van der Waals surface area contributed by atoms with Gasteiger partial charge in [0.25, 0.3) is 0 Å². The van der Waals surface area contributed by atoms with Crippen LogP contribution in [0.4, 0.5) is 0 Å². The Morgan fingerprint density at radius 1 is 1.05 bits per heavy atom. The van der Waals surface area contributed by atoms with Crippen molar-refractivity contribution >= 4 is 0 Å². The van der Waals surface area contributed by atoms with Crippen LogP contribution < -0.4 is 9.47 Å². The minimum absolute atomic E-state index is 0.0261. The maximum absolute atomic E-state index is 9.52. The van der Waals surface area contributed by atoms with Crippen molar-refractivity contribution < 1.29 is 14.6 Å². The smallest absolute Gasteiger partial charge is 0.123 e. The number of benzene rings is 2. The first-order valence-corrected chi connectivity index (χ1v) is 6.67. The van der Waals surface area contributed by atoms with Crippen LogP contribution in [0.15, 0.2) is 48.5 Å². The Morgan fingerprint density at radius 3 is 2.40 bits per heavy atom. The number of ether oxygens (including phenoxy) is 2. The van der Waals surface area contributed by atoms with Crippen molar-refractivity contribution in [1.29, 1.82) is 0 Å². The fourth-order valence-corrected chi connectivity index (χ4v) is 1.98. The molecule has 3 nitrogen and oxygen atoms in total. The second-order valence-corrected chi connectivity index (χ2v) is 4.78. The molecule has 3 heteroatoms. The Kier molecular flexibility index (Phi) is 5.02. The Hall–Kier alpha value is -2.00. The third-order valence-corrected chi connectivity index (χ3v) is 3.26. The summed E-state index contributed by atoms with van der Waals surface area (Å²) in [5.41, 5.74) is 2.29. The van der Waals surface area contributed by atoms with E-state index in [4.69, 9.17) is 9.47 Å². The standard InChI is InChI=1S/C17H20O3/c1-13-6-8-14(9-7-13)15(11-18)12-20-17-5-3-4-16(10-17)19-2/h3-10,15,18H,11-12H2,1-2H3. The topological polar surface area (TPSA) is 38.7 Å². The minimum atomic E-state index is -0.0261. The first kappa shape index (κ1) is 14.4. The maximum atomic E-state index is 9.52. The van der Waals surface area contributed by atoms with Gasteiger partial charge in [-0.15, -0.1) is 0 Å². The molecular formula is C17H20O3. The quantitative estimate of drug-likeness (QED) is 0.878. The molecule has 0 amide bonds. The zero-order valence-corrected chi connectivity index (χ0v) is 11.9. The number of hydrogen-bond acceptors (Lipinski definition) is 3. The maximum Gasteiger partial charge on any atom is 0.123 e. The highest BCUT2D eigenvalue weighted by atomic mass is 16.5. The van der Waals surface area contributed by atoms with Crippen LogP contribution in [-0.4, -0.2) is 25.4 Å². The van der Waals surface area contributed by atoms with E-state index >= 15 is 0 Å². The molecule has 2 aromatic carbocycles. The van der Waals surface area contributed by atoms with Crippen molar-refractivity contribution in [3.8, 4) is 11.5 Å². The van der Waals surface area contributed by atoms with Crippen molar-refractivity contribution in [2.24, 2.45) is 0 Å². The number of aliphatic hydroxyl groups is 1. The Bertz CT molecular complexity index is 534. The molecule has 1 unspecified atom stereocenters. The van der Waals surface area contributed by atoms with E-state index in [-0.39, 0.29) is 12.5 Å². The number of rotatable bonds is 6. The predicted octanol–water partition coefficient (Wildman–Crippen LogP) is 3.16. The fourth-order valence-electron chi connectivity index (χ4n) is 1.98. The zero-order valence-electron chi connectivity index (χ0n) is 11.9. The zero-order chi connectivity index (χ0) is 14.4. The molecule has 0 saturated heterocycles. The van der Waals surface area contributed by atoms with E-state index in [2.05, 4.69) is 0 Å². The summed E-state index contributed by atoms with van der Waals surface area (Å²) in [6.45, 7) is 2.55. The van der Waals surface area contributed by atoms with Crippen LogP contribution in [0.5, 0.6) is 11.5 Å². The summed E-state index contributed by atoms with van der Waals surface area (Å²) in [6.07, 6.45) is 0. The van der Waals surface area contributed by atoms with Crippen LogP contribution in [0.1, 0.15) is 17.0 Å². The average Bonchev–Trinajstić information content (AvgIpc) is 2.50. The van der Waals surface area contributed by atoms with E-state index < -0.39 is 0 Å². The van der Waals surface area contributed by atoms with Gasteiger partial charge in [-0.3, -0.25) is 0 Å². The largest absolute Gasteiger partial charge is 0.497 e. The van der Waals surface area contributed by atoms with Crippen LogP contribution in [0, 0.1) is 6.92 Å². The molecule has 2 aromatic rings. The van der Waals surface area contributed by atoms with Crippen LogP contribution in [0.2, 0.25) is 0 Å². The summed E-state index contributed by atoms with van der Waals surface area (Å²) in [7, 11) is 1.63. The highest BCUT2D eigenvalue weighted by molar-refractivity contribution is 5.33. The highest BCUT2D eigenvalue weighted by Gasteiger charge is 2.11. The van der Waals surface area contributed by atoms with Gasteiger partial charge in [-0.25, -0.2) is 0 Å². The Balaban J connectivity index is 2.01. The molecular weight excluding hydrogens is 252 g/mol. The van der Waals surface area contributed by atoms with Gasteiger partial charge in [-0.1, -0.05) is 35.9 Å². The third-order valence-electron chi connectivity index (χ3n) is 3.26. The second-order valence-electron chi connectivity index (χ2n) is 4.78. The van der Waals surface area contributed by atoms with Crippen LogP contribution in [-0.2, 0) is 0 Å². The summed E-state index contributed by atoms with van der Waals surface area (Å²) in [6, 6.07) is 15.6. The molecule has 0 saturated carbocycles. The van der Waals surface area contributed by atoms with Crippen molar-refractivity contribution in [3.63, 3.8) is 0 Å². The van der Waals surface area contributed by atoms with Crippen molar-refractivity contribution in [3.05, 3.63) is 59.7 Å². The second kappa shape index (κ2) is 6.96. The summed E-state index contributed by atoms with van der Waals surface area (Å²) < 4.78 is 10.9. The lowest BCUT2D eigenvalue weighted by atomic mass is 10.00. The molecule has 0 aromatic heterocycles. The summed E-state index contributed by atoms with van der Waals surface area (Å²) in [5, 5.41) is 9.52. The lowest BCUT2D eigenvalue weighted by molar-refractivity contribution is 0.204. The number of aliphatic hydroxyl groups excluding tert-OH is 1. The highest BCUT2D eigenvalue weighted by Crippen LogP contribution is 2.22. The fraction of sp³-hybridized carbons (Fsp3) is 0.294. The van der Waals surface area contributed by atoms with E-state index in [1.54, 1.807) is 7.11 Å². The average molecular weight is 272 g/mol. The van der Waals surface area contributed by atoms with E-state index in [1.165, 1.54) is 5.56 Å². The predicted molar refractivity (Wildman–Crippen MR) is 79.5 cm³/mol. The van der Waals surface area contributed by atoms with Crippen molar-refractivity contribution in [1.82, 2.24) is 0 Å². The first-order chi connectivity index (χ1) is 9.72. The molecule has 0 bridgehead atoms. The van der Waals surface area contributed by atoms with Crippen LogP contribution in [0.25, 0.3) is 0 Å². The van der Waals surface area contributed by atoms with Gasteiger partial charge in [0, 0.05) is 12.0 Å².